The Bertz CT molecular complexity index is 199. The van der Waals surface area contributed by atoms with Crippen molar-refractivity contribution in [3.05, 3.63) is 0 Å². The molecule has 0 aromatic carbocycles. The predicted molar refractivity (Wildman–Crippen MR) is 58.6 cm³/mol. The summed E-state index contributed by atoms with van der Waals surface area (Å²) in [6.45, 7) is 6.96. The Labute approximate surface area is 91.3 Å². The third-order valence-corrected chi connectivity index (χ3v) is 2.17. The summed E-state index contributed by atoms with van der Waals surface area (Å²) in [5, 5.41) is 3.02. The van der Waals surface area contributed by atoms with Crippen molar-refractivity contribution in [2.45, 2.75) is 32.4 Å². The van der Waals surface area contributed by atoms with Gasteiger partial charge in [-0.3, -0.25) is 4.79 Å². The summed E-state index contributed by atoms with van der Waals surface area (Å²) < 4.78 is 10.4. The largest absolute Gasteiger partial charge is 0.382 e. The molecule has 0 aliphatic rings. The molecular formula is C10H22N2O3. The molecule has 0 aromatic rings. The molecule has 0 fully saturated rings. The molecule has 5 nitrogen and oxygen atoms in total. The fourth-order valence-electron chi connectivity index (χ4n) is 1.19. The van der Waals surface area contributed by atoms with E-state index in [4.69, 9.17) is 15.2 Å². The van der Waals surface area contributed by atoms with Crippen LogP contribution in [0.5, 0.6) is 0 Å². The van der Waals surface area contributed by atoms with E-state index in [0.29, 0.717) is 13.2 Å². The molecule has 0 saturated carbocycles. The molecular weight excluding hydrogens is 196 g/mol. The lowest BCUT2D eigenvalue weighted by Gasteiger charge is -2.28. The van der Waals surface area contributed by atoms with E-state index in [1.54, 1.807) is 14.0 Å². The fourth-order valence-corrected chi connectivity index (χ4v) is 1.19. The fraction of sp³-hybridized carbons (Fsp3) is 0.900. The van der Waals surface area contributed by atoms with Gasteiger partial charge in [-0.2, -0.15) is 0 Å². The summed E-state index contributed by atoms with van der Waals surface area (Å²) in [4.78, 5) is 11.2. The lowest BCUT2D eigenvalue weighted by atomic mass is 10.0. The maximum absolute atomic E-state index is 11.2. The molecule has 5 heteroatoms. The minimum atomic E-state index is -0.809. The van der Waals surface area contributed by atoms with Crippen LogP contribution in [0.4, 0.5) is 0 Å². The summed E-state index contributed by atoms with van der Waals surface area (Å²) in [7, 11) is 1.61. The SMILES string of the molecule is CCNC(C)(COC(C)COC)C(N)=O. The maximum Gasteiger partial charge on any atom is 0.239 e. The van der Waals surface area contributed by atoms with E-state index < -0.39 is 11.4 Å². The van der Waals surface area contributed by atoms with Crippen LogP contribution < -0.4 is 11.1 Å². The van der Waals surface area contributed by atoms with Gasteiger partial charge in [0, 0.05) is 7.11 Å². The summed E-state index contributed by atoms with van der Waals surface area (Å²) in [5.74, 6) is -0.408. The Morgan fingerprint density at radius 2 is 2.20 bits per heavy atom. The highest BCUT2D eigenvalue weighted by Crippen LogP contribution is 2.05. The Morgan fingerprint density at radius 1 is 1.60 bits per heavy atom. The predicted octanol–water partition coefficient (Wildman–Crippen LogP) is -0.109. The number of hydrogen-bond donors (Lipinski definition) is 2. The minimum absolute atomic E-state index is 0.0488. The maximum atomic E-state index is 11.2. The van der Waals surface area contributed by atoms with Gasteiger partial charge in [0.05, 0.1) is 19.3 Å². The first-order chi connectivity index (χ1) is 6.96. The third-order valence-electron chi connectivity index (χ3n) is 2.17. The molecule has 0 rings (SSSR count). The van der Waals surface area contributed by atoms with Crippen LogP contribution in [-0.4, -0.2) is 44.4 Å². The van der Waals surface area contributed by atoms with Crippen LogP contribution in [0.2, 0.25) is 0 Å². The first-order valence-corrected chi connectivity index (χ1v) is 5.11. The zero-order valence-corrected chi connectivity index (χ0v) is 10.0. The number of carbonyl (C=O) groups excluding carboxylic acids is 1. The standard InChI is InChI=1S/C10H22N2O3/c1-5-12-10(3,9(11)13)7-15-8(2)6-14-4/h8,12H,5-7H2,1-4H3,(H2,11,13). The van der Waals surface area contributed by atoms with Crippen molar-refractivity contribution < 1.29 is 14.3 Å². The molecule has 0 bridgehead atoms. The molecule has 0 spiro atoms. The third kappa shape index (κ3) is 5.11. The molecule has 0 aliphatic carbocycles. The van der Waals surface area contributed by atoms with Crippen molar-refractivity contribution in [1.82, 2.24) is 5.32 Å². The number of hydrogen-bond acceptors (Lipinski definition) is 4. The second-order valence-corrected chi connectivity index (χ2v) is 3.80. The first kappa shape index (κ1) is 14.3. The lowest BCUT2D eigenvalue weighted by molar-refractivity contribution is -0.127. The Morgan fingerprint density at radius 3 is 2.60 bits per heavy atom. The molecule has 90 valence electrons. The van der Waals surface area contributed by atoms with Crippen LogP contribution in [-0.2, 0) is 14.3 Å². The van der Waals surface area contributed by atoms with E-state index >= 15 is 0 Å². The van der Waals surface area contributed by atoms with Gasteiger partial charge in [-0.1, -0.05) is 6.92 Å². The van der Waals surface area contributed by atoms with E-state index in [0.717, 1.165) is 0 Å². The molecule has 3 N–H and O–H groups in total. The molecule has 1 amide bonds. The van der Waals surface area contributed by atoms with Crippen molar-refractivity contribution >= 4 is 5.91 Å². The number of likely N-dealkylation sites (N-methyl/N-ethyl adjacent to an activating group) is 1. The first-order valence-electron chi connectivity index (χ1n) is 5.11. The van der Waals surface area contributed by atoms with Crippen molar-refractivity contribution in [3.63, 3.8) is 0 Å². The second kappa shape index (κ2) is 6.76. The molecule has 0 aromatic heterocycles. The van der Waals surface area contributed by atoms with Gasteiger partial charge < -0.3 is 20.5 Å². The summed E-state index contributed by atoms with van der Waals surface area (Å²) in [6, 6.07) is 0. The van der Waals surface area contributed by atoms with Crippen LogP contribution in [0, 0.1) is 0 Å². The Kier molecular flexibility index (Phi) is 6.47. The molecule has 0 heterocycles. The number of carbonyl (C=O) groups is 1. The van der Waals surface area contributed by atoms with Gasteiger partial charge in [0.15, 0.2) is 0 Å². The molecule has 0 radical (unpaired) electrons. The van der Waals surface area contributed by atoms with Crippen LogP contribution >= 0.6 is 0 Å². The number of rotatable bonds is 8. The summed E-state index contributed by atoms with van der Waals surface area (Å²) in [6.07, 6.45) is -0.0488. The van der Waals surface area contributed by atoms with Crippen LogP contribution in [0.1, 0.15) is 20.8 Å². The van der Waals surface area contributed by atoms with Gasteiger partial charge in [0.1, 0.15) is 5.54 Å². The van der Waals surface area contributed by atoms with E-state index in [-0.39, 0.29) is 12.7 Å². The number of methoxy groups -OCH3 is 1. The van der Waals surface area contributed by atoms with Crippen molar-refractivity contribution in [1.29, 1.82) is 0 Å². The van der Waals surface area contributed by atoms with Gasteiger partial charge >= 0.3 is 0 Å². The van der Waals surface area contributed by atoms with E-state index in [2.05, 4.69) is 5.32 Å². The number of ether oxygens (including phenoxy) is 2. The van der Waals surface area contributed by atoms with Gasteiger partial charge in [0.25, 0.3) is 0 Å². The Hall–Kier alpha value is -0.650. The summed E-state index contributed by atoms with van der Waals surface area (Å²) in [5.41, 5.74) is 4.50. The van der Waals surface area contributed by atoms with Crippen molar-refractivity contribution in [2.24, 2.45) is 5.73 Å². The van der Waals surface area contributed by atoms with Gasteiger partial charge in [-0.15, -0.1) is 0 Å². The average molecular weight is 218 g/mol. The zero-order chi connectivity index (χ0) is 11.9. The molecule has 15 heavy (non-hydrogen) atoms. The van der Waals surface area contributed by atoms with Gasteiger partial charge in [0.2, 0.25) is 5.91 Å². The quantitative estimate of drug-likeness (QED) is 0.596. The number of nitrogens with two attached hydrogens (primary N) is 1. The van der Waals surface area contributed by atoms with Crippen LogP contribution in [0.15, 0.2) is 0 Å². The minimum Gasteiger partial charge on any atom is -0.382 e. The monoisotopic (exact) mass is 218 g/mol. The second-order valence-electron chi connectivity index (χ2n) is 3.80. The lowest BCUT2D eigenvalue weighted by Crippen LogP contribution is -2.56. The average Bonchev–Trinajstić information content (AvgIpc) is 2.15. The highest BCUT2D eigenvalue weighted by Gasteiger charge is 2.30. The molecule has 2 atom stereocenters. The van der Waals surface area contributed by atoms with Crippen molar-refractivity contribution in [2.75, 3.05) is 26.9 Å². The van der Waals surface area contributed by atoms with E-state index in [9.17, 15) is 4.79 Å². The van der Waals surface area contributed by atoms with Gasteiger partial charge in [-0.25, -0.2) is 0 Å². The van der Waals surface area contributed by atoms with E-state index in [1.165, 1.54) is 0 Å². The van der Waals surface area contributed by atoms with Crippen LogP contribution in [0.3, 0.4) is 0 Å². The molecule has 2 unspecified atom stereocenters. The zero-order valence-electron chi connectivity index (χ0n) is 10.0. The normalized spacial score (nSPS) is 17.1. The topological polar surface area (TPSA) is 73.6 Å². The Balaban J connectivity index is 4.12. The molecule has 0 saturated heterocycles. The molecule has 0 aliphatic heterocycles. The highest BCUT2D eigenvalue weighted by molar-refractivity contribution is 5.84. The van der Waals surface area contributed by atoms with Crippen molar-refractivity contribution in [3.8, 4) is 0 Å². The van der Waals surface area contributed by atoms with Gasteiger partial charge in [-0.05, 0) is 20.4 Å². The summed E-state index contributed by atoms with van der Waals surface area (Å²) >= 11 is 0. The number of amides is 1. The number of nitrogens with one attached hydrogen (secondary N) is 1. The highest BCUT2D eigenvalue weighted by atomic mass is 16.5. The van der Waals surface area contributed by atoms with E-state index in [1.807, 2.05) is 13.8 Å². The number of primary amides is 1. The smallest absolute Gasteiger partial charge is 0.239 e. The van der Waals surface area contributed by atoms with Crippen LogP contribution in [0.25, 0.3) is 0 Å².